The Kier molecular flexibility index (Phi) is 6.71. The van der Waals surface area contributed by atoms with Crippen LogP contribution in [0.5, 0.6) is 11.5 Å². The van der Waals surface area contributed by atoms with Crippen LogP contribution in [0.25, 0.3) is 0 Å². The summed E-state index contributed by atoms with van der Waals surface area (Å²) in [7, 11) is 3.19. The van der Waals surface area contributed by atoms with Crippen molar-refractivity contribution in [3.63, 3.8) is 0 Å². The van der Waals surface area contributed by atoms with Crippen molar-refractivity contribution in [2.75, 3.05) is 39.2 Å². The van der Waals surface area contributed by atoms with Crippen LogP contribution in [-0.2, 0) is 11.2 Å². The van der Waals surface area contributed by atoms with Crippen LogP contribution in [0.3, 0.4) is 0 Å². The van der Waals surface area contributed by atoms with Crippen molar-refractivity contribution in [2.24, 2.45) is 5.92 Å². The van der Waals surface area contributed by atoms with Crippen molar-refractivity contribution in [1.29, 1.82) is 0 Å². The van der Waals surface area contributed by atoms with E-state index in [4.69, 9.17) is 9.47 Å². The van der Waals surface area contributed by atoms with Gasteiger partial charge in [0.15, 0.2) is 18.0 Å². The highest BCUT2D eigenvalue weighted by Crippen LogP contribution is 2.29. The fourth-order valence-electron chi connectivity index (χ4n) is 3.76. The first-order valence-electron chi connectivity index (χ1n) is 9.57. The van der Waals surface area contributed by atoms with Gasteiger partial charge in [0, 0.05) is 11.8 Å². The molecule has 1 heterocycles. The van der Waals surface area contributed by atoms with Crippen LogP contribution in [0.15, 0.2) is 48.5 Å². The average molecular weight is 369 g/mol. The summed E-state index contributed by atoms with van der Waals surface area (Å²) >= 11 is 0. The molecule has 0 unspecified atom stereocenters. The number of benzene rings is 2. The monoisotopic (exact) mass is 369 g/mol. The second-order valence-corrected chi connectivity index (χ2v) is 7.18. The number of amides is 1. The molecule has 2 aromatic carbocycles. The van der Waals surface area contributed by atoms with Crippen LogP contribution in [0.2, 0.25) is 0 Å². The van der Waals surface area contributed by atoms with Crippen LogP contribution in [-0.4, -0.2) is 39.8 Å². The molecule has 0 aromatic heterocycles. The summed E-state index contributed by atoms with van der Waals surface area (Å²) in [5.74, 6) is 2.04. The Morgan fingerprint density at radius 1 is 1.04 bits per heavy atom. The number of rotatable bonds is 7. The smallest absolute Gasteiger partial charge is 0.279 e. The van der Waals surface area contributed by atoms with E-state index in [1.807, 2.05) is 6.07 Å². The molecular weight excluding hydrogens is 340 g/mol. The van der Waals surface area contributed by atoms with E-state index in [-0.39, 0.29) is 5.91 Å². The molecule has 3 rings (SSSR count). The zero-order valence-corrected chi connectivity index (χ0v) is 16.2. The fraction of sp³-hybridized carbons (Fsp3) is 0.409. The molecule has 0 atom stereocenters. The van der Waals surface area contributed by atoms with Gasteiger partial charge in [-0.3, -0.25) is 4.79 Å². The number of hydrogen-bond donors (Lipinski definition) is 2. The molecule has 5 nitrogen and oxygen atoms in total. The highest BCUT2D eigenvalue weighted by atomic mass is 16.5. The summed E-state index contributed by atoms with van der Waals surface area (Å²) in [5, 5.41) is 2.97. The van der Waals surface area contributed by atoms with E-state index in [2.05, 4.69) is 35.6 Å². The number of nitrogens with one attached hydrogen (secondary N) is 2. The Morgan fingerprint density at radius 2 is 1.74 bits per heavy atom. The molecule has 1 aliphatic rings. The Bertz CT molecular complexity index is 740. The van der Waals surface area contributed by atoms with Crippen LogP contribution in [0, 0.1) is 5.92 Å². The largest absolute Gasteiger partial charge is 0.493 e. The minimum absolute atomic E-state index is 0.0405. The summed E-state index contributed by atoms with van der Waals surface area (Å²) in [5.41, 5.74) is 2.15. The van der Waals surface area contributed by atoms with Crippen molar-refractivity contribution in [3.8, 4) is 11.5 Å². The number of anilines is 1. The zero-order chi connectivity index (χ0) is 19.1. The standard InChI is InChI=1S/C22H28N2O3/c1-26-20-9-8-19(15-21(20)27-2)23-22(25)16-24-12-10-18(11-13-24)14-17-6-4-3-5-7-17/h3-9,15,18H,10-14,16H2,1-2H3,(H,23,25)/p+1. The number of piperidine rings is 1. The third kappa shape index (κ3) is 5.47. The minimum atomic E-state index is 0.0405. The Morgan fingerprint density at radius 3 is 2.41 bits per heavy atom. The van der Waals surface area contributed by atoms with Crippen LogP contribution < -0.4 is 19.7 Å². The highest BCUT2D eigenvalue weighted by molar-refractivity contribution is 5.91. The summed E-state index contributed by atoms with van der Waals surface area (Å²) in [6, 6.07) is 16.1. The van der Waals surface area contributed by atoms with E-state index in [9.17, 15) is 4.79 Å². The van der Waals surface area contributed by atoms with E-state index in [1.165, 1.54) is 23.3 Å². The molecule has 1 saturated heterocycles. The van der Waals surface area contributed by atoms with Gasteiger partial charge in [-0.2, -0.15) is 0 Å². The lowest BCUT2D eigenvalue weighted by molar-refractivity contribution is -0.898. The van der Waals surface area contributed by atoms with Crippen LogP contribution >= 0.6 is 0 Å². The summed E-state index contributed by atoms with van der Waals surface area (Å²) < 4.78 is 10.5. The van der Waals surface area contributed by atoms with E-state index in [1.54, 1.807) is 26.4 Å². The van der Waals surface area contributed by atoms with E-state index < -0.39 is 0 Å². The first kappa shape index (κ1) is 19.2. The maximum Gasteiger partial charge on any atom is 0.279 e. The number of methoxy groups -OCH3 is 2. The number of quaternary nitrogens is 1. The van der Waals surface area contributed by atoms with Gasteiger partial charge in [0.2, 0.25) is 0 Å². The second-order valence-electron chi connectivity index (χ2n) is 7.18. The van der Waals surface area contributed by atoms with E-state index in [0.29, 0.717) is 18.0 Å². The lowest BCUT2D eigenvalue weighted by Crippen LogP contribution is -3.14. The van der Waals surface area contributed by atoms with Crippen molar-refractivity contribution >= 4 is 11.6 Å². The minimum Gasteiger partial charge on any atom is -0.493 e. The molecule has 0 aliphatic carbocycles. The topological polar surface area (TPSA) is 52.0 Å². The van der Waals surface area contributed by atoms with Crippen molar-refractivity contribution < 1.29 is 19.2 Å². The normalized spacial score (nSPS) is 19.3. The zero-order valence-electron chi connectivity index (χ0n) is 16.2. The van der Waals surface area contributed by atoms with Gasteiger partial charge in [-0.15, -0.1) is 0 Å². The molecule has 27 heavy (non-hydrogen) atoms. The van der Waals surface area contributed by atoms with E-state index >= 15 is 0 Å². The number of carbonyl (C=O) groups is 1. The molecule has 2 N–H and O–H groups in total. The predicted octanol–water partition coefficient (Wildman–Crippen LogP) is 2.18. The van der Waals surface area contributed by atoms with Crippen molar-refractivity contribution in [2.45, 2.75) is 19.3 Å². The van der Waals surface area contributed by atoms with E-state index in [0.717, 1.165) is 31.1 Å². The average Bonchev–Trinajstić information content (AvgIpc) is 2.70. The molecule has 0 radical (unpaired) electrons. The molecule has 1 fully saturated rings. The second kappa shape index (κ2) is 9.42. The number of carbonyl (C=O) groups excluding carboxylic acids is 1. The molecule has 0 saturated carbocycles. The van der Waals surface area contributed by atoms with Crippen LogP contribution in [0.4, 0.5) is 5.69 Å². The van der Waals surface area contributed by atoms with Gasteiger partial charge in [-0.05, 0) is 42.9 Å². The Labute approximate surface area is 161 Å². The van der Waals surface area contributed by atoms with Gasteiger partial charge in [0.1, 0.15) is 0 Å². The predicted molar refractivity (Wildman–Crippen MR) is 107 cm³/mol. The number of likely N-dealkylation sites (tertiary alicyclic amines) is 1. The molecule has 5 heteroatoms. The van der Waals surface area contributed by atoms with Gasteiger partial charge < -0.3 is 19.7 Å². The Hall–Kier alpha value is -2.53. The molecular formula is C22H29N2O3+. The highest BCUT2D eigenvalue weighted by Gasteiger charge is 2.24. The van der Waals surface area contributed by atoms with Gasteiger partial charge in [-0.1, -0.05) is 30.3 Å². The lowest BCUT2D eigenvalue weighted by atomic mass is 9.90. The van der Waals surface area contributed by atoms with Gasteiger partial charge >= 0.3 is 0 Å². The van der Waals surface area contributed by atoms with Crippen molar-refractivity contribution in [3.05, 3.63) is 54.1 Å². The van der Waals surface area contributed by atoms with Crippen molar-refractivity contribution in [1.82, 2.24) is 0 Å². The maximum atomic E-state index is 12.4. The quantitative estimate of drug-likeness (QED) is 0.787. The molecule has 0 bridgehead atoms. The Balaban J connectivity index is 1.45. The number of hydrogen-bond acceptors (Lipinski definition) is 3. The summed E-state index contributed by atoms with van der Waals surface area (Å²) in [6.45, 7) is 2.61. The molecule has 0 spiro atoms. The molecule has 144 valence electrons. The maximum absolute atomic E-state index is 12.4. The fourth-order valence-corrected chi connectivity index (χ4v) is 3.76. The first-order chi connectivity index (χ1) is 13.2. The molecule has 1 amide bonds. The van der Waals surface area contributed by atoms with Gasteiger partial charge in [-0.25, -0.2) is 0 Å². The van der Waals surface area contributed by atoms with Gasteiger partial charge in [0.25, 0.3) is 5.91 Å². The third-order valence-corrected chi connectivity index (χ3v) is 5.26. The molecule has 2 aromatic rings. The summed E-state index contributed by atoms with van der Waals surface area (Å²) in [6.07, 6.45) is 3.49. The summed E-state index contributed by atoms with van der Waals surface area (Å²) in [4.78, 5) is 13.8. The first-order valence-corrected chi connectivity index (χ1v) is 9.57. The lowest BCUT2D eigenvalue weighted by Gasteiger charge is -2.29. The SMILES string of the molecule is COc1ccc(NC(=O)C[NH+]2CCC(Cc3ccccc3)CC2)cc1OC. The van der Waals surface area contributed by atoms with Gasteiger partial charge in [0.05, 0.1) is 27.3 Å². The van der Waals surface area contributed by atoms with Crippen LogP contribution in [0.1, 0.15) is 18.4 Å². The number of ether oxygens (including phenoxy) is 2. The third-order valence-electron chi connectivity index (χ3n) is 5.26. The molecule has 1 aliphatic heterocycles.